The van der Waals surface area contributed by atoms with Crippen molar-refractivity contribution in [3.63, 3.8) is 0 Å². The first-order valence-electron chi connectivity index (χ1n) is 9.29. The number of piperidine rings is 1. The molecule has 2 saturated heterocycles. The van der Waals surface area contributed by atoms with Crippen LogP contribution in [0.4, 0.5) is 11.6 Å². The summed E-state index contributed by atoms with van der Waals surface area (Å²) in [5.41, 5.74) is 1.37. The van der Waals surface area contributed by atoms with Crippen molar-refractivity contribution in [1.82, 2.24) is 20.4 Å². The summed E-state index contributed by atoms with van der Waals surface area (Å²) in [4.78, 5) is 10.1. The monoisotopic (exact) mass is 381 g/mol. The average molecular weight is 381 g/mol. The van der Waals surface area contributed by atoms with Gasteiger partial charge in [-0.05, 0) is 30.5 Å². The number of morpholine rings is 1. The molecule has 0 spiro atoms. The molecule has 138 valence electrons. The number of hydrogen-bond acceptors (Lipinski definition) is 9. The van der Waals surface area contributed by atoms with Crippen molar-refractivity contribution in [2.45, 2.75) is 19.3 Å². The van der Waals surface area contributed by atoms with E-state index in [4.69, 9.17) is 9.72 Å². The normalized spacial score (nSPS) is 18.2. The van der Waals surface area contributed by atoms with Gasteiger partial charge in [0.2, 0.25) is 0 Å². The number of nitrogens with zero attached hydrogens (tertiary/aromatic N) is 7. The molecule has 0 N–H and O–H groups in total. The van der Waals surface area contributed by atoms with E-state index in [-0.39, 0.29) is 0 Å². The molecule has 9 heteroatoms. The third-order valence-electron chi connectivity index (χ3n) is 5.21. The molecule has 0 saturated carbocycles. The van der Waals surface area contributed by atoms with Crippen molar-refractivity contribution in [3.8, 4) is 6.07 Å². The number of rotatable bonds is 2. The van der Waals surface area contributed by atoms with Crippen LogP contribution < -0.4 is 9.80 Å². The van der Waals surface area contributed by atoms with Gasteiger partial charge in [0.15, 0.2) is 5.82 Å². The summed E-state index contributed by atoms with van der Waals surface area (Å²) in [6, 6.07) is 4.21. The predicted octanol–water partition coefficient (Wildman–Crippen LogP) is 2.33. The summed E-state index contributed by atoms with van der Waals surface area (Å²) >= 11 is 1.59. The van der Waals surface area contributed by atoms with E-state index in [1.54, 1.807) is 11.3 Å². The third-order valence-corrected chi connectivity index (χ3v) is 6.29. The van der Waals surface area contributed by atoms with E-state index in [2.05, 4.69) is 31.3 Å². The Hall–Kier alpha value is -2.57. The lowest BCUT2D eigenvalue weighted by Gasteiger charge is -2.28. The van der Waals surface area contributed by atoms with E-state index in [9.17, 15) is 5.26 Å². The molecule has 8 nitrogen and oxygen atoms in total. The van der Waals surface area contributed by atoms with Crippen LogP contribution in [0.25, 0.3) is 20.4 Å². The minimum Gasteiger partial charge on any atom is -0.378 e. The van der Waals surface area contributed by atoms with Gasteiger partial charge in [0.1, 0.15) is 26.9 Å². The van der Waals surface area contributed by atoms with Gasteiger partial charge in [-0.15, -0.1) is 21.5 Å². The van der Waals surface area contributed by atoms with Crippen LogP contribution >= 0.6 is 11.3 Å². The second-order valence-electron chi connectivity index (χ2n) is 6.86. The zero-order valence-corrected chi connectivity index (χ0v) is 15.7. The van der Waals surface area contributed by atoms with Crippen LogP contribution in [0.15, 0.2) is 6.07 Å². The molecule has 2 aliphatic heterocycles. The highest BCUT2D eigenvalue weighted by Crippen LogP contribution is 2.38. The van der Waals surface area contributed by atoms with Gasteiger partial charge in [0, 0.05) is 31.6 Å². The molecule has 0 radical (unpaired) electrons. The smallest absolute Gasteiger partial charge is 0.172 e. The SMILES string of the molecule is N#Cc1cc2c(nc1N1CCOCC1)sc1c(N3CCCCC3)nnnc12. The van der Waals surface area contributed by atoms with Crippen molar-refractivity contribution in [2.24, 2.45) is 0 Å². The fraction of sp³-hybridized carbons (Fsp3) is 0.500. The molecule has 27 heavy (non-hydrogen) atoms. The Bertz CT molecular complexity index is 1030. The molecule has 0 aliphatic carbocycles. The third kappa shape index (κ3) is 2.85. The first kappa shape index (κ1) is 16.6. The zero-order valence-electron chi connectivity index (χ0n) is 14.9. The van der Waals surface area contributed by atoms with Crippen molar-refractivity contribution in [3.05, 3.63) is 11.6 Å². The maximum absolute atomic E-state index is 9.68. The van der Waals surface area contributed by atoms with E-state index in [1.807, 2.05) is 6.07 Å². The topological polar surface area (TPSA) is 91.1 Å². The lowest BCUT2D eigenvalue weighted by atomic mass is 10.1. The summed E-state index contributed by atoms with van der Waals surface area (Å²) < 4.78 is 6.44. The van der Waals surface area contributed by atoms with E-state index in [1.165, 1.54) is 19.3 Å². The number of fused-ring (bicyclic) bond motifs is 3. The van der Waals surface area contributed by atoms with Gasteiger partial charge in [-0.2, -0.15) is 5.26 Å². The Morgan fingerprint density at radius 1 is 1.00 bits per heavy atom. The molecule has 5 heterocycles. The van der Waals surface area contributed by atoms with Gasteiger partial charge in [-0.3, -0.25) is 0 Å². The fourth-order valence-corrected chi connectivity index (χ4v) is 4.92. The Balaban J connectivity index is 1.67. The highest BCUT2D eigenvalue weighted by Gasteiger charge is 2.23. The standard InChI is InChI=1S/C18H19N7OS/c19-11-12-10-13-14-15(17(22-23-21-14)24-4-2-1-3-5-24)27-18(13)20-16(12)25-6-8-26-9-7-25/h10H,1-9H2. The maximum Gasteiger partial charge on any atom is 0.172 e. The van der Waals surface area contributed by atoms with Crippen LogP contribution in [0, 0.1) is 11.3 Å². The summed E-state index contributed by atoms with van der Waals surface area (Å²) in [7, 11) is 0. The predicted molar refractivity (Wildman–Crippen MR) is 104 cm³/mol. The highest BCUT2D eigenvalue weighted by molar-refractivity contribution is 7.26. The van der Waals surface area contributed by atoms with Gasteiger partial charge in [-0.25, -0.2) is 4.98 Å². The molecule has 5 rings (SSSR count). The van der Waals surface area contributed by atoms with Crippen molar-refractivity contribution in [1.29, 1.82) is 5.26 Å². The molecule has 0 amide bonds. The molecule has 0 bridgehead atoms. The summed E-state index contributed by atoms with van der Waals surface area (Å²) in [5.74, 6) is 1.63. The fourth-order valence-electron chi connectivity index (χ4n) is 3.82. The summed E-state index contributed by atoms with van der Waals surface area (Å²) in [6.07, 6.45) is 3.61. The summed E-state index contributed by atoms with van der Waals surface area (Å²) in [6.45, 7) is 4.81. The lowest BCUT2D eigenvalue weighted by Crippen LogP contribution is -2.37. The Morgan fingerprint density at radius 3 is 2.56 bits per heavy atom. The highest BCUT2D eigenvalue weighted by atomic mass is 32.1. The first-order chi connectivity index (χ1) is 13.3. The van der Waals surface area contributed by atoms with Crippen molar-refractivity contribution in [2.75, 3.05) is 49.2 Å². The Morgan fingerprint density at radius 2 is 1.78 bits per heavy atom. The zero-order chi connectivity index (χ0) is 18.2. The van der Waals surface area contributed by atoms with Gasteiger partial charge < -0.3 is 14.5 Å². The number of aromatic nitrogens is 4. The van der Waals surface area contributed by atoms with Crippen LogP contribution in [0.5, 0.6) is 0 Å². The summed E-state index contributed by atoms with van der Waals surface area (Å²) in [5, 5.41) is 23.2. The molecule has 0 atom stereocenters. The van der Waals surface area contributed by atoms with Gasteiger partial charge in [0.05, 0.1) is 18.8 Å². The van der Waals surface area contributed by atoms with Crippen molar-refractivity contribution < 1.29 is 4.74 Å². The van der Waals surface area contributed by atoms with Gasteiger partial charge in [-0.1, -0.05) is 0 Å². The lowest BCUT2D eigenvalue weighted by molar-refractivity contribution is 0.122. The Kier molecular flexibility index (Phi) is 4.22. The molecular formula is C18H19N7OS. The first-order valence-corrected chi connectivity index (χ1v) is 10.1. The van der Waals surface area contributed by atoms with Crippen LogP contribution in [0.3, 0.4) is 0 Å². The molecule has 2 aliphatic rings. The minimum atomic E-state index is 0.572. The van der Waals surface area contributed by atoms with Crippen LogP contribution in [0.1, 0.15) is 24.8 Å². The average Bonchev–Trinajstić information content (AvgIpc) is 3.11. The molecule has 3 aromatic heterocycles. The number of pyridine rings is 1. The second-order valence-corrected chi connectivity index (χ2v) is 7.86. The number of thiophene rings is 1. The number of hydrogen-bond donors (Lipinski definition) is 0. The van der Waals surface area contributed by atoms with E-state index in [0.29, 0.717) is 18.8 Å². The quantitative estimate of drug-likeness (QED) is 0.668. The largest absolute Gasteiger partial charge is 0.378 e. The number of nitriles is 1. The molecule has 3 aromatic rings. The van der Waals surface area contributed by atoms with E-state index >= 15 is 0 Å². The second kappa shape index (κ2) is 6.87. The molecular weight excluding hydrogens is 362 g/mol. The van der Waals surface area contributed by atoms with Gasteiger partial charge >= 0.3 is 0 Å². The number of ether oxygens (including phenoxy) is 1. The maximum atomic E-state index is 9.68. The van der Waals surface area contributed by atoms with Gasteiger partial charge in [0.25, 0.3) is 0 Å². The molecule has 0 unspecified atom stereocenters. The van der Waals surface area contributed by atoms with Crippen LogP contribution in [0.2, 0.25) is 0 Å². The molecule has 2 fully saturated rings. The molecule has 0 aromatic carbocycles. The number of anilines is 2. The minimum absolute atomic E-state index is 0.572. The van der Waals surface area contributed by atoms with Crippen molar-refractivity contribution >= 4 is 43.4 Å². The van der Waals surface area contributed by atoms with Crippen LogP contribution in [-0.2, 0) is 4.74 Å². The van der Waals surface area contributed by atoms with E-state index in [0.717, 1.165) is 58.2 Å². The van der Waals surface area contributed by atoms with E-state index < -0.39 is 0 Å². The van der Waals surface area contributed by atoms with Crippen LogP contribution in [-0.4, -0.2) is 59.8 Å². The Labute approximate surface area is 160 Å².